The monoisotopic (exact) mass is 467 g/mol. The average Bonchev–Trinajstić information content (AvgIpc) is 2.69. The van der Waals surface area contributed by atoms with E-state index in [4.69, 9.17) is 20.6 Å². The van der Waals surface area contributed by atoms with E-state index in [1.807, 2.05) is 0 Å². The van der Waals surface area contributed by atoms with Crippen molar-refractivity contribution in [1.29, 1.82) is 5.26 Å². The van der Waals surface area contributed by atoms with Gasteiger partial charge in [0.25, 0.3) is 5.88 Å². The number of esters is 1. The minimum atomic E-state index is -4.08. The van der Waals surface area contributed by atoms with E-state index in [1.165, 1.54) is 6.92 Å². The molecule has 1 atom stereocenters. The third-order valence-corrected chi connectivity index (χ3v) is 5.05. The van der Waals surface area contributed by atoms with Gasteiger partial charge in [0, 0.05) is 6.26 Å². The summed E-state index contributed by atoms with van der Waals surface area (Å²) in [5, 5.41) is 30.4. The number of sulfone groups is 1. The van der Waals surface area contributed by atoms with E-state index in [0.29, 0.717) is 5.01 Å². The van der Waals surface area contributed by atoms with Crippen LogP contribution in [0.25, 0.3) is 0 Å². The number of benzene rings is 1. The predicted molar refractivity (Wildman–Crippen MR) is 106 cm³/mol. The van der Waals surface area contributed by atoms with Crippen LogP contribution < -0.4 is 10.6 Å². The highest BCUT2D eigenvalue weighted by molar-refractivity contribution is 7.91. The summed E-state index contributed by atoms with van der Waals surface area (Å²) in [6.45, 7) is 1.47. The maximum atomic E-state index is 12.1. The van der Waals surface area contributed by atoms with Crippen molar-refractivity contribution < 1.29 is 37.5 Å². The summed E-state index contributed by atoms with van der Waals surface area (Å²) in [4.78, 5) is 37.8. The summed E-state index contributed by atoms with van der Waals surface area (Å²) < 4.78 is 34.4. The lowest BCUT2D eigenvalue weighted by atomic mass is 10.1. The van der Waals surface area contributed by atoms with Crippen LogP contribution in [-0.2, 0) is 19.4 Å². The van der Waals surface area contributed by atoms with Gasteiger partial charge in [-0.25, -0.2) is 29.1 Å². The van der Waals surface area contributed by atoms with Crippen molar-refractivity contribution in [3.63, 3.8) is 0 Å². The van der Waals surface area contributed by atoms with Crippen molar-refractivity contribution in [3.05, 3.63) is 51.0 Å². The van der Waals surface area contributed by atoms with E-state index in [1.54, 1.807) is 6.07 Å². The Hall–Kier alpha value is -4.03. The van der Waals surface area contributed by atoms with Crippen LogP contribution in [0.3, 0.4) is 0 Å². The number of nitro groups is 1. The number of nitrogens with two attached hydrogens (primary N) is 1. The first-order valence-corrected chi connectivity index (χ1v) is 10.7. The number of ether oxygens (including phenoxy) is 2. The quantitative estimate of drug-likeness (QED) is 0.223. The lowest BCUT2D eigenvalue weighted by molar-refractivity contribution is -0.419. The Morgan fingerprint density at radius 2 is 2.09 bits per heavy atom. The molecule has 32 heavy (non-hydrogen) atoms. The third-order valence-electron chi connectivity index (χ3n) is 3.95. The van der Waals surface area contributed by atoms with Gasteiger partial charge in [0.2, 0.25) is 5.50 Å². The van der Waals surface area contributed by atoms with Crippen LogP contribution in [0.1, 0.15) is 29.3 Å². The molecule has 1 heterocycles. The highest BCUT2D eigenvalue weighted by Crippen LogP contribution is 2.28. The highest BCUT2D eigenvalue weighted by atomic mass is 32.2. The van der Waals surface area contributed by atoms with E-state index in [0.717, 1.165) is 24.5 Å². The average molecular weight is 467 g/mol. The smallest absolute Gasteiger partial charge is 0.352 e. The molecule has 0 saturated carbocycles. The van der Waals surface area contributed by atoms with E-state index in [9.17, 15) is 33.2 Å². The first-order valence-electron chi connectivity index (χ1n) is 8.70. The number of rotatable bonds is 8. The molecule has 1 aromatic rings. The molecule has 0 radical (unpaired) electrons. The zero-order valence-electron chi connectivity index (χ0n) is 16.7. The number of hydrogen-bond acceptors (Lipinski definition) is 12. The molecule has 1 aliphatic heterocycles. The molecule has 0 bridgehead atoms. The molecule has 0 aliphatic carbocycles. The van der Waals surface area contributed by atoms with Crippen LogP contribution in [-0.4, -0.2) is 59.5 Å². The van der Waals surface area contributed by atoms with Gasteiger partial charge in [-0.3, -0.25) is 14.9 Å². The predicted octanol–water partition coefficient (Wildman–Crippen LogP) is -0.00722. The summed E-state index contributed by atoms with van der Waals surface area (Å²) in [5.74, 6) is 2.29. The summed E-state index contributed by atoms with van der Waals surface area (Å²) >= 11 is 0. The Kier molecular flexibility index (Phi) is 7.13. The first kappa shape index (κ1) is 24.2. The van der Waals surface area contributed by atoms with Gasteiger partial charge in [0.05, 0.1) is 29.1 Å². The number of carboxylic acid groups (broad SMARTS) is 1. The van der Waals surface area contributed by atoms with Gasteiger partial charge in [-0.2, -0.15) is 5.26 Å². The topological polar surface area (TPSA) is 216 Å². The number of carbonyl (C=O) groups excluding carboxylic acids is 1. The summed E-state index contributed by atoms with van der Waals surface area (Å²) in [6, 6.07) is 4.81. The van der Waals surface area contributed by atoms with Crippen molar-refractivity contribution in [3.8, 4) is 11.8 Å². The lowest BCUT2D eigenvalue weighted by Crippen LogP contribution is -2.50. The van der Waals surface area contributed by atoms with Gasteiger partial charge in [-0.15, -0.1) is 0 Å². The number of aromatic carboxylic acids is 1. The Bertz CT molecular complexity index is 1180. The maximum absolute atomic E-state index is 12.1. The van der Waals surface area contributed by atoms with Crippen LogP contribution in [0.5, 0.6) is 5.75 Å². The molecule has 0 fully saturated rings. The van der Waals surface area contributed by atoms with Gasteiger partial charge in [0.15, 0.2) is 9.84 Å². The van der Waals surface area contributed by atoms with Crippen LogP contribution in [0.4, 0.5) is 0 Å². The van der Waals surface area contributed by atoms with E-state index in [-0.39, 0.29) is 17.9 Å². The largest absolute Gasteiger partial charge is 0.478 e. The molecule has 1 unspecified atom stereocenters. The number of hydrogen-bond donors (Lipinski definition) is 2. The molecular weight excluding hydrogens is 450 g/mol. The van der Waals surface area contributed by atoms with Crippen molar-refractivity contribution >= 4 is 27.5 Å². The Balaban J connectivity index is 2.66. The number of allylic oxidation sites excluding steroid dienone is 1. The molecule has 3 N–H and O–H groups in total. The van der Waals surface area contributed by atoms with E-state index in [2.05, 4.69) is 4.99 Å². The zero-order valence-corrected chi connectivity index (χ0v) is 17.5. The van der Waals surface area contributed by atoms with Crippen molar-refractivity contribution in [2.75, 3.05) is 12.9 Å². The lowest BCUT2D eigenvalue weighted by Gasteiger charge is -2.29. The van der Waals surface area contributed by atoms with Crippen molar-refractivity contribution in [2.45, 2.75) is 18.8 Å². The van der Waals surface area contributed by atoms with Crippen LogP contribution in [0, 0.1) is 21.4 Å². The molecule has 1 aromatic carbocycles. The Labute approximate surface area is 181 Å². The third kappa shape index (κ3) is 5.17. The fraction of sp³-hybridized carbons (Fsp3) is 0.294. The van der Waals surface area contributed by atoms with Crippen LogP contribution in [0.15, 0.2) is 34.8 Å². The fourth-order valence-electron chi connectivity index (χ4n) is 2.64. The molecule has 14 nitrogen and oxygen atoms in total. The van der Waals surface area contributed by atoms with Gasteiger partial charge in [-0.1, -0.05) is 0 Å². The molecule has 0 saturated heterocycles. The number of hydrazine groups is 1. The second-order valence-corrected chi connectivity index (χ2v) is 8.34. The number of aliphatic imine (C=N–C) groups is 1. The number of nitriles is 1. The standard InChI is InChI=1S/C17H17N5O9S/c1-3-30-13(23)7-12-14(22(26)27)15(21(19)17(20-12)32(2,28)29)31-10-5-4-9(8-18)11(6-10)16(24)25/h4-6,17H,3,7,19H2,1-2H3,(H,24,25). The number of carboxylic acids is 1. The minimum Gasteiger partial charge on any atom is -0.478 e. The molecule has 1 aliphatic rings. The summed E-state index contributed by atoms with van der Waals surface area (Å²) in [6.07, 6.45) is 0.0205. The molecule has 0 amide bonds. The molecule has 0 spiro atoms. The van der Waals surface area contributed by atoms with Crippen LogP contribution in [0.2, 0.25) is 0 Å². The molecule has 170 valence electrons. The second kappa shape index (κ2) is 9.41. The van der Waals surface area contributed by atoms with E-state index >= 15 is 0 Å². The Morgan fingerprint density at radius 3 is 2.59 bits per heavy atom. The normalized spacial score (nSPS) is 16.1. The molecule has 0 aromatic heterocycles. The van der Waals surface area contributed by atoms with E-state index < -0.39 is 61.5 Å². The van der Waals surface area contributed by atoms with Crippen LogP contribution >= 0.6 is 0 Å². The summed E-state index contributed by atoms with van der Waals surface area (Å²) in [5.41, 5.74) is -4.02. The van der Waals surface area contributed by atoms with Gasteiger partial charge >= 0.3 is 17.6 Å². The first-order chi connectivity index (χ1) is 14.9. The van der Waals surface area contributed by atoms with Gasteiger partial charge in [0.1, 0.15) is 17.5 Å². The fourth-order valence-corrected chi connectivity index (χ4v) is 3.47. The Morgan fingerprint density at radius 1 is 1.44 bits per heavy atom. The molecule has 15 heteroatoms. The van der Waals surface area contributed by atoms with Crippen molar-refractivity contribution in [1.82, 2.24) is 5.01 Å². The number of nitrogens with zero attached hydrogens (tertiary/aromatic N) is 4. The SMILES string of the molecule is CCOC(=O)CC1=NC(S(C)(=O)=O)N(N)C(Oc2ccc(C#N)c(C(=O)O)c2)=C1[N+](=O)[O-]. The van der Waals surface area contributed by atoms with Gasteiger partial charge < -0.3 is 14.6 Å². The van der Waals surface area contributed by atoms with Gasteiger partial charge in [-0.05, 0) is 25.1 Å². The number of carbonyl (C=O) groups is 2. The highest BCUT2D eigenvalue weighted by Gasteiger charge is 2.43. The second-order valence-electron chi connectivity index (χ2n) is 6.26. The zero-order chi connectivity index (χ0) is 24.2. The molecule has 2 rings (SSSR count). The maximum Gasteiger partial charge on any atom is 0.352 e. The molecular formula is C17H17N5O9S. The van der Waals surface area contributed by atoms with Crippen molar-refractivity contribution in [2.24, 2.45) is 10.8 Å². The summed E-state index contributed by atoms with van der Waals surface area (Å²) in [7, 11) is -4.08. The minimum absolute atomic E-state index is 0.0330.